The number of carbonyl (C=O) groups is 3. The number of esters is 1. The van der Waals surface area contributed by atoms with Crippen LogP contribution in [0, 0.1) is 38.0 Å². The maximum absolute atomic E-state index is 13.8. The molecule has 4 heterocycles. The number of piperidine rings is 1. The Labute approximate surface area is 328 Å². The first-order chi connectivity index (χ1) is 24.6. The van der Waals surface area contributed by atoms with E-state index in [1.54, 1.807) is 24.0 Å². The van der Waals surface area contributed by atoms with Crippen molar-refractivity contribution in [3.05, 3.63) is 90.5 Å². The number of nitrogens with zero attached hydrogens (tertiary/aromatic N) is 5. The molecule has 15 nitrogen and oxygen atoms in total. The maximum atomic E-state index is 13.8. The molecule has 4 aliphatic rings. The third-order valence-electron chi connectivity index (χ3n) is 10.9. The van der Waals surface area contributed by atoms with E-state index in [0.717, 1.165) is 30.4 Å². The molecule has 3 saturated heterocycles. The van der Waals surface area contributed by atoms with Gasteiger partial charge in [0.25, 0.3) is 11.4 Å². The summed E-state index contributed by atoms with van der Waals surface area (Å²) in [4.78, 5) is 65.9. The molecule has 0 aromatic heterocycles. The van der Waals surface area contributed by atoms with Crippen molar-refractivity contribution in [1.29, 1.82) is 0 Å². The molecule has 3 fully saturated rings. The largest absolute Gasteiger partial charge is 1.00 e. The average molecular weight is 866 g/mol. The van der Waals surface area contributed by atoms with Gasteiger partial charge in [-0.25, -0.2) is 9.59 Å². The predicted octanol–water partition coefficient (Wildman–Crippen LogP) is 1.62. The lowest BCUT2D eigenvalue weighted by Gasteiger charge is -2.46. The number of hydrogen-bond donors (Lipinski definition) is 1. The minimum atomic E-state index is -0.913. The van der Waals surface area contributed by atoms with Gasteiger partial charge in [0.1, 0.15) is 18.9 Å². The van der Waals surface area contributed by atoms with E-state index in [0.29, 0.717) is 29.0 Å². The maximum Gasteiger partial charge on any atom is 0.410 e. The molecule has 4 aliphatic heterocycles. The number of hydrogen-bond acceptors (Lipinski definition) is 11. The van der Waals surface area contributed by atoms with Crippen LogP contribution in [-0.2, 0) is 32.3 Å². The van der Waals surface area contributed by atoms with Crippen LogP contribution in [0.2, 0.25) is 0 Å². The summed E-state index contributed by atoms with van der Waals surface area (Å²) in [7, 11) is 4.39. The van der Waals surface area contributed by atoms with Gasteiger partial charge < -0.3 is 52.8 Å². The topological polar surface area (TPSA) is 183 Å². The summed E-state index contributed by atoms with van der Waals surface area (Å²) in [5, 5.41) is 32.5. The van der Waals surface area contributed by atoms with Gasteiger partial charge in [0.2, 0.25) is 5.91 Å². The van der Waals surface area contributed by atoms with Crippen molar-refractivity contribution in [2.24, 2.45) is 17.8 Å². The predicted molar refractivity (Wildman–Crippen MR) is 189 cm³/mol. The van der Waals surface area contributed by atoms with Gasteiger partial charge in [-0.1, -0.05) is 6.92 Å². The van der Waals surface area contributed by atoms with Crippen LogP contribution in [0.25, 0.3) is 0 Å². The Bertz CT molecular complexity index is 1760. The second kappa shape index (κ2) is 16.3. The molecule has 0 aliphatic carbocycles. The highest BCUT2D eigenvalue weighted by Gasteiger charge is 2.60. The summed E-state index contributed by atoms with van der Waals surface area (Å²) >= 11 is 1.47. The van der Waals surface area contributed by atoms with Crippen molar-refractivity contribution < 1.29 is 67.3 Å². The lowest BCUT2D eigenvalue weighted by Crippen LogP contribution is -3.00. The number of fused-ring (bicyclic) bond motifs is 1. The molecule has 6 rings (SSSR count). The normalized spacial score (nSPS) is 25.6. The monoisotopic (exact) mass is 865 g/mol. The lowest BCUT2D eigenvalue weighted by molar-refractivity contribution is -0.896. The zero-order valence-corrected chi connectivity index (χ0v) is 32.9. The molecule has 0 bridgehead atoms. The summed E-state index contributed by atoms with van der Waals surface area (Å²) in [6.07, 6.45) is 1.12. The number of ether oxygens (including phenoxy) is 2. The Morgan fingerprint density at radius 2 is 1.49 bits per heavy atom. The summed E-state index contributed by atoms with van der Waals surface area (Å²) in [6, 6.07) is 11.0. The quantitative estimate of drug-likeness (QED) is 0.0866. The van der Waals surface area contributed by atoms with Gasteiger partial charge in [-0.2, -0.15) is 0 Å². The standard InChI is InChI=1S/C36H44N5O10S.HI/c1-21-31-30(22(2)42)34(43)38(31)32(35(44)50-19-23-5-9-26(10-6-23)39(46)47)33(21)52-28-17-29(25-13-15-41(3,4)16-14-25)37(18-28)36(45)51-20-24-7-11-27(12-8-24)40(48)49;/h5-12,21-22,25,28-31,42H,13-20H2,1-4H3;1H/q+1;/p-1/t21-,22-,28+,29+,30-,31-;/m1./s1. The summed E-state index contributed by atoms with van der Waals surface area (Å²) in [5.74, 6) is -1.76. The van der Waals surface area contributed by atoms with E-state index in [1.165, 1.54) is 53.1 Å². The highest BCUT2D eigenvalue weighted by atomic mass is 127. The SMILES string of the molecule is C[C@@H](O)[C@H]1C(=O)N2C(C(=O)OCc3ccc([N+](=O)[O-])cc3)=C(S[C@H]3C[C@@H](C4CC[N+](C)(C)CC4)N(C(=O)OCc4ccc([N+](=O)[O-])cc4)C3)[C@H](C)[C@H]12.[I-]. The van der Waals surface area contributed by atoms with Gasteiger partial charge in [-0.3, -0.25) is 25.0 Å². The number of carbonyl (C=O) groups excluding carboxylic acids is 3. The van der Waals surface area contributed by atoms with Crippen LogP contribution in [0.5, 0.6) is 0 Å². The summed E-state index contributed by atoms with van der Waals surface area (Å²) in [5.41, 5.74) is 1.17. The Kier molecular flexibility index (Phi) is 12.4. The summed E-state index contributed by atoms with van der Waals surface area (Å²) in [6.45, 7) is 5.59. The molecule has 0 unspecified atom stereocenters. The van der Waals surface area contributed by atoms with Crippen LogP contribution in [0.15, 0.2) is 59.1 Å². The molecule has 6 atom stereocenters. The molecule has 2 amide bonds. The Balaban J connectivity index is 0.00000541. The number of amides is 2. The molecule has 0 radical (unpaired) electrons. The van der Waals surface area contributed by atoms with Gasteiger partial charge >= 0.3 is 12.1 Å². The van der Waals surface area contributed by atoms with E-state index >= 15 is 0 Å². The number of rotatable bonds is 11. The molecule has 0 saturated carbocycles. The van der Waals surface area contributed by atoms with Crippen LogP contribution >= 0.6 is 11.8 Å². The first-order valence-electron chi connectivity index (χ1n) is 17.5. The first kappa shape index (κ1) is 40.4. The number of nitro groups is 2. The van der Waals surface area contributed by atoms with Crippen LogP contribution < -0.4 is 24.0 Å². The van der Waals surface area contributed by atoms with Crippen molar-refractivity contribution in [2.45, 2.75) is 69.8 Å². The Morgan fingerprint density at radius 1 is 0.962 bits per heavy atom. The van der Waals surface area contributed by atoms with E-state index < -0.39 is 40.0 Å². The van der Waals surface area contributed by atoms with Gasteiger partial charge in [0, 0.05) is 65.8 Å². The third-order valence-corrected chi connectivity index (χ3v) is 12.4. The van der Waals surface area contributed by atoms with E-state index in [-0.39, 0.29) is 83.3 Å². The van der Waals surface area contributed by atoms with Gasteiger partial charge in [0.15, 0.2) is 0 Å². The molecule has 17 heteroatoms. The smallest absolute Gasteiger partial charge is 0.410 e. The number of β-lactam (4-membered cyclic amide) rings is 1. The molecule has 0 spiro atoms. The number of aliphatic hydroxyl groups is 1. The second-order valence-electron chi connectivity index (χ2n) is 14.9. The average Bonchev–Trinajstić information content (AvgIpc) is 3.63. The fourth-order valence-electron chi connectivity index (χ4n) is 7.96. The van der Waals surface area contributed by atoms with Crippen molar-refractivity contribution in [1.82, 2.24) is 9.80 Å². The second-order valence-corrected chi connectivity index (χ2v) is 16.2. The zero-order chi connectivity index (χ0) is 37.5. The molecule has 2 aromatic rings. The van der Waals surface area contributed by atoms with E-state index in [2.05, 4.69) is 14.1 Å². The Morgan fingerprint density at radius 3 is 2.00 bits per heavy atom. The van der Waals surface area contributed by atoms with Crippen LogP contribution in [0.1, 0.15) is 44.2 Å². The first-order valence-corrected chi connectivity index (χ1v) is 18.3. The highest BCUT2D eigenvalue weighted by Crippen LogP contribution is 2.53. The summed E-state index contributed by atoms with van der Waals surface area (Å²) < 4.78 is 12.3. The molecule has 2 aromatic carbocycles. The van der Waals surface area contributed by atoms with E-state index in [9.17, 15) is 39.7 Å². The minimum absolute atomic E-state index is 0. The van der Waals surface area contributed by atoms with Crippen molar-refractivity contribution in [2.75, 3.05) is 33.7 Å². The number of benzene rings is 2. The fourth-order valence-corrected chi connectivity index (χ4v) is 9.50. The van der Waals surface area contributed by atoms with E-state index in [4.69, 9.17) is 9.47 Å². The number of aliphatic hydroxyl groups excluding tert-OH is 1. The number of thioether (sulfide) groups is 1. The number of quaternary nitrogens is 1. The minimum Gasteiger partial charge on any atom is -1.00 e. The molecule has 286 valence electrons. The van der Waals surface area contributed by atoms with Crippen LogP contribution in [0.4, 0.5) is 16.2 Å². The third kappa shape index (κ3) is 8.47. The van der Waals surface area contributed by atoms with E-state index in [1.807, 2.05) is 6.92 Å². The highest BCUT2D eigenvalue weighted by molar-refractivity contribution is 8.03. The Hall–Kier alpha value is -3.81. The van der Waals surface area contributed by atoms with Gasteiger partial charge in [-0.15, -0.1) is 11.8 Å². The van der Waals surface area contributed by atoms with Gasteiger partial charge in [-0.05, 0) is 54.7 Å². The number of non-ortho nitro benzene ring substituents is 2. The van der Waals surface area contributed by atoms with Gasteiger partial charge in [0.05, 0.1) is 55.1 Å². The number of likely N-dealkylation sites (tertiary alicyclic amines) is 2. The fraction of sp³-hybridized carbons (Fsp3) is 0.528. The van der Waals surface area contributed by atoms with Crippen LogP contribution in [0.3, 0.4) is 0 Å². The molecule has 1 N–H and O–H groups in total. The lowest BCUT2D eigenvalue weighted by atomic mass is 9.79. The molecular formula is C36H44IN5O10S. The molecule has 53 heavy (non-hydrogen) atoms. The van der Waals surface area contributed by atoms with Crippen molar-refractivity contribution in [3.8, 4) is 0 Å². The zero-order valence-electron chi connectivity index (χ0n) is 30.0. The number of nitro benzene ring substituents is 2. The van der Waals surface area contributed by atoms with Crippen molar-refractivity contribution >= 4 is 41.1 Å². The van der Waals surface area contributed by atoms with Crippen molar-refractivity contribution in [3.63, 3.8) is 0 Å². The number of halogens is 1. The van der Waals surface area contributed by atoms with Crippen LogP contribution in [-0.4, -0.2) is 104 Å². The molecular weight excluding hydrogens is 821 g/mol.